The van der Waals surface area contributed by atoms with Gasteiger partial charge in [-0.05, 0) is 102 Å². The standard InChI is InChI=1S/C28H38N4O3/c1-6-25(33)29-22-7-8-23-21(16-22)17-24(20-10-12-31(5)13-11-20)30-27(23)32-14-9-19(18-32)15-26(34)35-28(2,3)4/h6-8,16-17,19-20H,1,9-15,18H2,2-5H3,(H,29,33)/t19-/m0/s1. The van der Waals surface area contributed by atoms with Gasteiger partial charge in [0.2, 0.25) is 5.91 Å². The van der Waals surface area contributed by atoms with Crippen molar-refractivity contribution >= 4 is 34.2 Å². The fourth-order valence-corrected chi connectivity index (χ4v) is 5.10. The maximum absolute atomic E-state index is 12.4. The number of aromatic nitrogens is 1. The van der Waals surface area contributed by atoms with E-state index >= 15 is 0 Å². The molecule has 0 aliphatic carbocycles. The Morgan fingerprint density at radius 3 is 2.60 bits per heavy atom. The van der Waals surface area contributed by atoms with Gasteiger partial charge in [0.15, 0.2) is 0 Å². The summed E-state index contributed by atoms with van der Waals surface area (Å²) < 4.78 is 5.55. The zero-order valence-corrected chi connectivity index (χ0v) is 21.5. The minimum absolute atomic E-state index is 0.134. The smallest absolute Gasteiger partial charge is 0.306 e. The molecular formula is C28H38N4O3. The SMILES string of the molecule is C=CC(=O)Nc1ccc2c(N3CC[C@@H](CC(=O)OC(C)(C)C)C3)nc(C3CCN(C)CC3)cc2c1. The summed E-state index contributed by atoms with van der Waals surface area (Å²) in [5, 5.41) is 5.01. The maximum atomic E-state index is 12.4. The number of hydrogen-bond donors (Lipinski definition) is 1. The molecule has 2 fully saturated rings. The second-order valence-electron chi connectivity index (χ2n) is 11.0. The van der Waals surface area contributed by atoms with E-state index in [0.717, 1.165) is 73.4 Å². The lowest BCUT2D eigenvalue weighted by molar-refractivity contribution is -0.155. The van der Waals surface area contributed by atoms with Gasteiger partial charge in [-0.25, -0.2) is 4.98 Å². The van der Waals surface area contributed by atoms with Crippen molar-refractivity contribution in [1.29, 1.82) is 0 Å². The van der Waals surface area contributed by atoms with Gasteiger partial charge in [-0.2, -0.15) is 0 Å². The molecule has 7 nitrogen and oxygen atoms in total. The Hall–Kier alpha value is -2.93. The number of anilines is 2. The predicted molar refractivity (Wildman–Crippen MR) is 141 cm³/mol. The lowest BCUT2D eigenvalue weighted by Crippen LogP contribution is -2.30. The second kappa shape index (κ2) is 10.4. The third-order valence-electron chi connectivity index (χ3n) is 6.88. The summed E-state index contributed by atoms with van der Waals surface area (Å²) in [5.41, 5.74) is 1.40. The number of nitrogens with zero attached hydrogens (tertiary/aromatic N) is 3. The fraction of sp³-hybridized carbons (Fsp3) is 0.536. The molecule has 1 amide bonds. The van der Waals surface area contributed by atoms with E-state index in [0.29, 0.717) is 12.3 Å². The Kier molecular flexibility index (Phi) is 7.45. The Morgan fingerprint density at radius 1 is 1.17 bits per heavy atom. The number of esters is 1. The monoisotopic (exact) mass is 478 g/mol. The first kappa shape index (κ1) is 25.2. The number of benzene rings is 1. The summed E-state index contributed by atoms with van der Waals surface area (Å²) in [7, 11) is 2.17. The highest BCUT2D eigenvalue weighted by molar-refractivity contribution is 6.02. The number of carbonyl (C=O) groups excluding carboxylic acids is 2. The average molecular weight is 479 g/mol. The van der Waals surface area contributed by atoms with Gasteiger partial charge in [0.05, 0.1) is 6.42 Å². The molecule has 1 N–H and O–H groups in total. The van der Waals surface area contributed by atoms with E-state index in [1.54, 1.807) is 0 Å². The van der Waals surface area contributed by atoms with Crippen LogP contribution < -0.4 is 10.2 Å². The van der Waals surface area contributed by atoms with Crippen LogP contribution >= 0.6 is 0 Å². The number of rotatable bonds is 6. The van der Waals surface area contributed by atoms with E-state index < -0.39 is 5.60 Å². The Morgan fingerprint density at radius 2 is 1.91 bits per heavy atom. The van der Waals surface area contributed by atoms with Crippen molar-refractivity contribution < 1.29 is 14.3 Å². The van der Waals surface area contributed by atoms with Crippen molar-refractivity contribution in [2.75, 3.05) is 43.4 Å². The molecule has 2 saturated heterocycles. The minimum atomic E-state index is -0.464. The van der Waals surface area contributed by atoms with Crippen molar-refractivity contribution in [3.63, 3.8) is 0 Å². The number of carbonyl (C=O) groups is 2. The third kappa shape index (κ3) is 6.40. The van der Waals surface area contributed by atoms with E-state index in [2.05, 4.69) is 34.8 Å². The number of piperidine rings is 1. The molecule has 188 valence electrons. The lowest BCUT2D eigenvalue weighted by Gasteiger charge is -2.30. The zero-order chi connectivity index (χ0) is 25.2. The van der Waals surface area contributed by atoms with Crippen molar-refractivity contribution in [2.45, 2.75) is 58.0 Å². The minimum Gasteiger partial charge on any atom is -0.460 e. The van der Waals surface area contributed by atoms with E-state index in [1.165, 1.54) is 6.08 Å². The van der Waals surface area contributed by atoms with Crippen molar-refractivity contribution in [1.82, 2.24) is 9.88 Å². The summed E-state index contributed by atoms with van der Waals surface area (Å²) >= 11 is 0. The van der Waals surface area contributed by atoms with Gasteiger partial charge in [-0.1, -0.05) is 6.58 Å². The predicted octanol–water partition coefficient (Wildman–Crippen LogP) is 4.73. The summed E-state index contributed by atoms with van der Waals surface area (Å²) in [6.45, 7) is 13.0. The molecule has 1 aromatic heterocycles. The first-order chi connectivity index (χ1) is 16.6. The molecule has 4 rings (SSSR count). The van der Waals surface area contributed by atoms with Crippen molar-refractivity contribution in [3.8, 4) is 0 Å². The second-order valence-corrected chi connectivity index (χ2v) is 11.0. The van der Waals surface area contributed by atoms with E-state index in [4.69, 9.17) is 9.72 Å². The topological polar surface area (TPSA) is 74.8 Å². The first-order valence-electron chi connectivity index (χ1n) is 12.6. The molecule has 0 spiro atoms. The highest BCUT2D eigenvalue weighted by atomic mass is 16.6. The summed E-state index contributed by atoms with van der Waals surface area (Å²) in [6, 6.07) is 8.16. The zero-order valence-electron chi connectivity index (χ0n) is 21.5. The van der Waals surface area contributed by atoms with E-state index in [9.17, 15) is 9.59 Å². The highest BCUT2D eigenvalue weighted by Gasteiger charge is 2.30. The summed E-state index contributed by atoms with van der Waals surface area (Å²) in [6.07, 6.45) is 4.82. The van der Waals surface area contributed by atoms with Gasteiger partial charge < -0.3 is 19.9 Å². The molecule has 2 aliphatic heterocycles. The van der Waals surface area contributed by atoms with E-state index in [1.807, 2.05) is 39.0 Å². The molecule has 35 heavy (non-hydrogen) atoms. The van der Waals surface area contributed by atoms with Gasteiger partial charge in [0.1, 0.15) is 11.4 Å². The van der Waals surface area contributed by atoms with Crippen LogP contribution in [0.2, 0.25) is 0 Å². The molecule has 2 aromatic rings. The normalized spacial score (nSPS) is 19.7. The van der Waals surface area contributed by atoms with Gasteiger partial charge in [-0.3, -0.25) is 9.59 Å². The van der Waals surface area contributed by atoms with Crippen LogP contribution in [-0.4, -0.2) is 60.6 Å². The molecule has 3 heterocycles. The fourth-order valence-electron chi connectivity index (χ4n) is 5.10. The number of likely N-dealkylation sites (tertiary alicyclic amines) is 1. The molecular weight excluding hydrogens is 440 g/mol. The Labute approximate surface area is 208 Å². The molecule has 0 saturated carbocycles. The molecule has 0 unspecified atom stereocenters. The van der Waals surface area contributed by atoms with Gasteiger partial charge in [-0.15, -0.1) is 0 Å². The molecule has 0 radical (unpaired) electrons. The quantitative estimate of drug-likeness (QED) is 0.478. The van der Waals surface area contributed by atoms with E-state index in [-0.39, 0.29) is 17.8 Å². The van der Waals surface area contributed by atoms with Gasteiger partial charge in [0.25, 0.3) is 0 Å². The third-order valence-corrected chi connectivity index (χ3v) is 6.88. The number of ether oxygens (including phenoxy) is 1. The largest absolute Gasteiger partial charge is 0.460 e. The maximum Gasteiger partial charge on any atom is 0.306 e. The molecule has 0 bridgehead atoms. The lowest BCUT2D eigenvalue weighted by atomic mass is 9.92. The summed E-state index contributed by atoms with van der Waals surface area (Å²) in [4.78, 5) is 34.1. The van der Waals surface area contributed by atoms with Crippen LogP contribution in [0.3, 0.4) is 0 Å². The van der Waals surface area contributed by atoms with Crippen LogP contribution in [0.25, 0.3) is 10.8 Å². The van der Waals surface area contributed by atoms with Crippen LogP contribution in [0.1, 0.15) is 58.1 Å². The van der Waals surface area contributed by atoms with Gasteiger partial charge in [0, 0.05) is 35.8 Å². The average Bonchev–Trinajstić information content (AvgIpc) is 3.25. The molecule has 2 aliphatic rings. The van der Waals surface area contributed by atoms with Crippen LogP contribution in [0.15, 0.2) is 36.9 Å². The number of amides is 1. The Bertz CT molecular complexity index is 1100. The molecule has 1 atom stereocenters. The van der Waals surface area contributed by atoms with Gasteiger partial charge >= 0.3 is 5.97 Å². The number of nitrogens with one attached hydrogen (secondary N) is 1. The molecule has 7 heteroatoms. The van der Waals surface area contributed by atoms with Crippen LogP contribution in [0.4, 0.5) is 11.5 Å². The van der Waals surface area contributed by atoms with Crippen LogP contribution in [0, 0.1) is 5.92 Å². The van der Waals surface area contributed by atoms with Crippen LogP contribution in [0.5, 0.6) is 0 Å². The van der Waals surface area contributed by atoms with Crippen molar-refractivity contribution in [2.24, 2.45) is 5.92 Å². The number of hydrogen-bond acceptors (Lipinski definition) is 6. The van der Waals surface area contributed by atoms with Crippen LogP contribution in [-0.2, 0) is 14.3 Å². The van der Waals surface area contributed by atoms with Crippen molar-refractivity contribution in [3.05, 3.63) is 42.6 Å². The first-order valence-corrected chi connectivity index (χ1v) is 12.6. The summed E-state index contributed by atoms with van der Waals surface area (Å²) in [5.74, 6) is 1.29. The molecule has 1 aromatic carbocycles. The number of pyridine rings is 1. The number of fused-ring (bicyclic) bond motifs is 1. The highest BCUT2D eigenvalue weighted by Crippen LogP contribution is 2.36. The Balaban J connectivity index is 1.62.